The molecular formula is C12H21F2NO2. The number of halogens is 2. The average Bonchev–Trinajstić information content (AvgIpc) is 2.74. The summed E-state index contributed by atoms with van der Waals surface area (Å²) in [5.74, 6) is 0. The maximum atomic E-state index is 12.2. The highest BCUT2D eigenvalue weighted by Crippen LogP contribution is 2.39. The molecule has 1 aliphatic heterocycles. The Labute approximate surface area is 101 Å². The summed E-state index contributed by atoms with van der Waals surface area (Å²) in [6.45, 7) is 0.668. The highest BCUT2D eigenvalue weighted by atomic mass is 19.3. The van der Waals surface area contributed by atoms with Crippen molar-refractivity contribution in [2.75, 3.05) is 13.2 Å². The van der Waals surface area contributed by atoms with Gasteiger partial charge < -0.3 is 15.2 Å². The number of ether oxygens (including phenoxy) is 1. The molecule has 1 spiro atoms. The van der Waals surface area contributed by atoms with Gasteiger partial charge in [-0.2, -0.15) is 0 Å². The van der Waals surface area contributed by atoms with Gasteiger partial charge in [-0.15, -0.1) is 0 Å². The van der Waals surface area contributed by atoms with Crippen LogP contribution >= 0.6 is 0 Å². The predicted molar refractivity (Wildman–Crippen MR) is 60.2 cm³/mol. The van der Waals surface area contributed by atoms with Crippen molar-refractivity contribution >= 4 is 0 Å². The Balaban J connectivity index is 1.77. The highest BCUT2D eigenvalue weighted by Gasteiger charge is 2.39. The smallest absolute Gasteiger partial charge is 0.265 e. The Kier molecular flexibility index (Phi) is 4.33. The molecule has 0 radical (unpaired) electrons. The van der Waals surface area contributed by atoms with Crippen molar-refractivity contribution in [3.05, 3.63) is 0 Å². The van der Waals surface area contributed by atoms with Gasteiger partial charge in [0.25, 0.3) is 6.43 Å². The molecule has 1 heterocycles. The quantitative estimate of drug-likeness (QED) is 0.796. The molecule has 3 nitrogen and oxygen atoms in total. The third-order valence-corrected chi connectivity index (χ3v) is 3.91. The predicted octanol–water partition coefficient (Wildman–Crippen LogP) is 1.69. The third kappa shape index (κ3) is 3.36. The number of hydrogen-bond donors (Lipinski definition) is 2. The lowest BCUT2D eigenvalue weighted by Gasteiger charge is -2.38. The summed E-state index contributed by atoms with van der Waals surface area (Å²) in [4.78, 5) is 0. The molecule has 0 amide bonds. The summed E-state index contributed by atoms with van der Waals surface area (Å²) < 4.78 is 30.2. The SMILES string of the molecule is OC(CNC1CCOC2(CCCC2)C1)C(F)F. The molecule has 1 saturated carbocycles. The third-order valence-electron chi connectivity index (χ3n) is 3.91. The Morgan fingerprint density at radius 1 is 1.35 bits per heavy atom. The maximum absolute atomic E-state index is 12.2. The largest absolute Gasteiger partial charge is 0.386 e. The van der Waals surface area contributed by atoms with Gasteiger partial charge in [0.15, 0.2) is 0 Å². The Bertz CT molecular complexity index is 245. The molecule has 100 valence electrons. The lowest BCUT2D eigenvalue weighted by atomic mass is 9.89. The fraction of sp³-hybridized carbons (Fsp3) is 1.00. The van der Waals surface area contributed by atoms with Gasteiger partial charge in [0.05, 0.1) is 5.60 Å². The number of aliphatic hydroxyl groups excluding tert-OH is 1. The summed E-state index contributed by atoms with van der Waals surface area (Å²) in [6.07, 6.45) is 2.09. The zero-order chi connectivity index (χ0) is 12.3. The Hall–Kier alpha value is -0.260. The zero-order valence-corrected chi connectivity index (χ0v) is 10.0. The zero-order valence-electron chi connectivity index (χ0n) is 10.0. The van der Waals surface area contributed by atoms with Crippen molar-refractivity contribution in [3.8, 4) is 0 Å². The molecule has 17 heavy (non-hydrogen) atoms. The summed E-state index contributed by atoms with van der Waals surface area (Å²) in [5.41, 5.74) is -0.00823. The van der Waals surface area contributed by atoms with E-state index in [9.17, 15) is 8.78 Å². The molecule has 0 aromatic rings. The van der Waals surface area contributed by atoms with E-state index < -0.39 is 12.5 Å². The van der Waals surface area contributed by atoms with Crippen molar-refractivity contribution in [1.29, 1.82) is 0 Å². The molecule has 0 aromatic heterocycles. The minimum atomic E-state index is -2.66. The topological polar surface area (TPSA) is 41.5 Å². The van der Waals surface area contributed by atoms with Crippen molar-refractivity contribution in [2.24, 2.45) is 0 Å². The number of aliphatic hydroxyl groups is 1. The summed E-state index contributed by atoms with van der Waals surface area (Å²) in [7, 11) is 0. The van der Waals surface area contributed by atoms with E-state index in [0.717, 1.165) is 25.7 Å². The molecule has 2 fully saturated rings. The second-order valence-electron chi connectivity index (χ2n) is 5.24. The van der Waals surface area contributed by atoms with Crippen LogP contribution in [0, 0.1) is 0 Å². The second-order valence-corrected chi connectivity index (χ2v) is 5.24. The molecule has 1 saturated heterocycles. The van der Waals surface area contributed by atoms with Crippen LogP contribution in [0.2, 0.25) is 0 Å². The van der Waals surface area contributed by atoms with E-state index in [1.165, 1.54) is 12.8 Å². The summed E-state index contributed by atoms with van der Waals surface area (Å²) in [6, 6.07) is 0.204. The minimum Gasteiger partial charge on any atom is -0.386 e. The first-order valence-electron chi connectivity index (χ1n) is 6.45. The van der Waals surface area contributed by atoms with Crippen molar-refractivity contribution in [3.63, 3.8) is 0 Å². The van der Waals surface area contributed by atoms with Crippen LogP contribution in [0.5, 0.6) is 0 Å². The molecular weight excluding hydrogens is 228 g/mol. The Morgan fingerprint density at radius 3 is 2.71 bits per heavy atom. The van der Waals surface area contributed by atoms with Crippen LogP contribution in [-0.4, -0.2) is 42.4 Å². The number of rotatable bonds is 4. The van der Waals surface area contributed by atoms with Crippen LogP contribution in [0.25, 0.3) is 0 Å². The van der Waals surface area contributed by atoms with Gasteiger partial charge in [-0.1, -0.05) is 12.8 Å². The van der Waals surface area contributed by atoms with E-state index in [1.54, 1.807) is 0 Å². The first-order valence-corrected chi connectivity index (χ1v) is 6.45. The molecule has 5 heteroatoms. The van der Waals surface area contributed by atoms with Crippen LogP contribution in [0.15, 0.2) is 0 Å². The molecule has 2 atom stereocenters. The Morgan fingerprint density at radius 2 is 2.06 bits per heavy atom. The van der Waals surface area contributed by atoms with Gasteiger partial charge >= 0.3 is 0 Å². The van der Waals surface area contributed by atoms with Gasteiger partial charge in [0.2, 0.25) is 0 Å². The van der Waals surface area contributed by atoms with E-state index in [4.69, 9.17) is 9.84 Å². The van der Waals surface area contributed by atoms with Crippen molar-refractivity contribution < 1.29 is 18.6 Å². The monoisotopic (exact) mass is 249 g/mol. The van der Waals surface area contributed by atoms with Crippen LogP contribution in [0.1, 0.15) is 38.5 Å². The molecule has 2 rings (SSSR count). The fourth-order valence-corrected chi connectivity index (χ4v) is 2.95. The van der Waals surface area contributed by atoms with Crippen LogP contribution in [-0.2, 0) is 4.74 Å². The summed E-state index contributed by atoms with van der Waals surface area (Å²) in [5, 5.41) is 12.1. The molecule has 2 N–H and O–H groups in total. The van der Waals surface area contributed by atoms with E-state index in [2.05, 4.69) is 5.32 Å². The van der Waals surface area contributed by atoms with Crippen LogP contribution < -0.4 is 5.32 Å². The van der Waals surface area contributed by atoms with Gasteiger partial charge in [0.1, 0.15) is 6.10 Å². The minimum absolute atomic E-state index is 0.00823. The molecule has 0 bridgehead atoms. The number of nitrogens with one attached hydrogen (secondary N) is 1. The first kappa shape index (κ1) is 13.2. The highest BCUT2D eigenvalue weighted by molar-refractivity contribution is 4.93. The molecule has 1 aliphatic carbocycles. The second kappa shape index (κ2) is 5.59. The van der Waals surface area contributed by atoms with Gasteiger partial charge in [-0.3, -0.25) is 0 Å². The van der Waals surface area contributed by atoms with Crippen molar-refractivity contribution in [2.45, 2.75) is 62.7 Å². The van der Waals surface area contributed by atoms with Crippen LogP contribution in [0.4, 0.5) is 8.78 Å². The molecule has 0 aromatic carbocycles. The lowest BCUT2D eigenvalue weighted by molar-refractivity contribution is -0.0859. The van der Waals surface area contributed by atoms with E-state index in [0.29, 0.717) is 6.61 Å². The fourth-order valence-electron chi connectivity index (χ4n) is 2.95. The van der Waals surface area contributed by atoms with Crippen LogP contribution in [0.3, 0.4) is 0 Å². The van der Waals surface area contributed by atoms with Gasteiger partial charge in [-0.05, 0) is 25.7 Å². The number of hydrogen-bond acceptors (Lipinski definition) is 3. The van der Waals surface area contributed by atoms with Crippen molar-refractivity contribution in [1.82, 2.24) is 5.32 Å². The van der Waals surface area contributed by atoms with E-state index in [-0.39, 0.29) is 18.2 Å². The van der Waals surface area contributed by atoms with Gasteiger partial charge in [-0.25, -0.2) is 8.78 Å². The lowest BCUT2D eigenvalue weighted by Crippen LogP contribution is -2.48. The van der Waals surface area contributed by atoms with E-state index in [1.807, 2.05) is 0 Å². The molecule has 2 aliphatic rings. The normalized spacial score (nSPS) is 30.0. The van der Waals surface area contributed by atoms with E-state index >= 15 is 0 Å². The summed E-state index contributed by atoms with van der Waals surface area (Å²) >= 11 is 0. The average molecular weight is 249 g/mol. The maximum Gasteiger partial charge on any atom is 0.265 e. The first-order chi connectivity index (χ1) is 8.11. The molecule has 2 unspecified atom stereocenters. The standard InChI is InChI=1S/C12H21F2NO2/c13-11(14)10(16)8-15-9-3-6-17-12(7-9)4-1-2-5-12/h9-11,15-16H,1-8H2. The number of alkyl halides is 2. The van der Waals surface area contributed by atoms with Gasteiger partial charge in [0, 0.05) is 19.2 Å².